The predicted octanol–water partition coefficient (Wildman–Crippen LogP) is 4.11. The summed E-state index contributed by atoms with van der Waals surface area (Å²) in [5.41, 5.74) is 3.80. The van der Waals surface area contributed by atoms with Crippen molar-refractivity contribution in [3.63, 3.8) is 0 Å². The third-order valence-corrected chi connectivity index (χ3v) is 5.15. The second-order valence-corrected chi connectivity index (χ2v) is 6.89. The monoisotopic (exact) mass is 361 g/mol. The molecule has 0 aliphatic carbocycles. The maximum atomic E-state index is 12.8. The largest absolute Gasteiger partial charge is 0.497 e. The molecule has 0 bridgehead atoms. The summed E-state index contributed by atoms with van der Waals surface area (Å²) in [7, 11) is 1.66. The van der Waals surface area contributed by atoms with Crippen LogP contribution in [0.15, 0.2) is 60.7 Å². The number of ether oxygens (including phenoxy) is 1. The van der Waals surface area contributed by atoms with E-state index >= 15 is 0 Å². The molecule has 1 aliphatic heterocycles. The molecule has 2 heterocycles. The number of likely N-dealkylation sites (tertiary alicyclic amines) is 1. The number of hydrogen-bond acceptors (Lipinski definition) is 3. The first-order valence-corrected chi connectivity index (χ1v) is 9.28. The molecule has 4 rings (SSSR count). The topological polar surface area (TPSA) is 58.2 Å². The van der Waals surface area contributed by atoms with E-state index in [1.165, 1.54) is 0 Å². The Hall–Kier alpha value is -3.08. The Morgan fingerprint density at radius 1 is 1.15 bits per heavy atom. The van der Waals surface area contributed by atoms with E-state index in [9.17, 15) is 4.79 Å². The van der Waals surface area contributed by atoms with Crippen LogP contribution in [0.2, 0.25) is 0 Å². The van der Waals surface area contributed by atoms with Gasteiger partial charge in [0.25, 0.3) is 5.91 Å². The van der Waals surface area contributed by atoms with Crippen LogP contribution in [-0.2, 0) is 0 Å². The first-order chi connectivity index (χ1) is 13.2. The van der Waals surface area contributed by atoms with E-state index in [0.29, 0.717) is 0 Å². The van der Waals surface area contributed by atoms with Gasteiger partial charge < -0.3 is 9.64 Å². The molecular formula is C22H23N3O2. The molecule has 1 aromatic heterocycles. The Morgan fingerprint density at radius 2 is 1.93 bits per heavy atom. The lowest BCUT2D eigenvalue weighted by Crippen LogP contribution is -2.39. The van der Waals surface area contributed by atoms with Crippen LogP contribution in [0.5, 0.6) is 5.75 Å². The number of aromatic amines is 1. The average Bonchev–Trinajstić information content (AvgIpc) is 3.24. The summed E-state index contributed by atoms with van der Waals surface area (Å²) in [6, 6.07) is 19.5. The Balaban J connectivity index is 1.48. The van der Waals surface area contributed by atoms with E-state index in [2.05, 4.69) is 16.3 Å². The van der Waals surface area contributed by atoms with Crippen LogP contribution < -0.4 is 4.74 Å². The van der Waals surface area contributed by atoms with Gasteiger partial charge in [-0.05, 0) is 55.3 Å². The molecule has 1 unspecified atom stereocenters. The molecule has 1 saturated heterocycles. The number of nitrogens with one attached hydrogen (secondary N) is 1. The summed E-state index contributed by atoms with van der Waals surface area (Å²) in [6.07, 6.45) is 2.06. The number of methoxy groups -OCH3 is 1. The van der Waals surface area contributed by atoms with E-state index in [1.54, 1.807) is 7.11 Å². The maximum absolute atomic E-state index is 12.8. The molecule has 1 N–H and O–H groups in total. The first kappa shape index (κ1) is 17.3. The van der Waals surface area contributed by atoms with Crippen molar-refractivity contribution >= 4 is 5.91 Å². The van der Waals surface area contributed by atoms with Crippen molar-refractivity contribution in [3.05, 3.63) is 71.9 Å². The number of piperidine rings is 1. The summed E-state index contributed by atoms with van der Waals surface area (Å²) in [5.74, 6) is 1.22. The van der Waals surface area contributed by atoms with Gasteiger partial charge in [0.05, 0.1) is 12.8 Å². The SMILES string of the molecule is COc1ccc(-c2cc(C3CCCN(C(=O)c4ccccc4)C3)[nH]n2)cc1. The van der Waals surface area contributed by atoms with Gasteiger partial charge >= 0.3 is 0 Å². The van der Waals surface area contributed by atoms with Crippen LogP contribution in [0, 0.1) is 0 Å². The molecule has 138 valence electrons. The number of hydrogen-bond donors (Lipinski definition) is 1. The molecule has 1 aliphatic rings. The number of carbonyl (C=O) groups excluding carboxylic acids is 1. The number of amides is 1. The quantitative estimate of drug-likeness (QED) is 0.761. The normalized spacial score (nSPS) is 16.9. The number of nitrogens with zero attached hydrogens (tertiary/aromatic N) is 2. The summed E-state index contributed by atoms with van der Waals surface area (Å²) in [4.78, 5) is 14.7. The van der Waals surface area contributed by atoms with Gasteiger partial charge in [-0.3, -0.25) is 9.89 Å². The zero-order chi connectivity index (χ0) is 18.6. The standard InChI is InChI=1S/C22H23N3O2/c1-27-19-11-9-16(10-12-19)20-14-21(24-23-20)18-8-5-13-25(15-18)22(26)17-6-3-2-4-7-17/h2-4,6-7,9-12,14,18H,5,8,13,15H2,1H3,(H,23,24). The fourth-order valence-electron chi connectivity index (χ4n) is 3.63. The Bertz CT molecular complexity index is 903. The molecule has 0 spiro atoms. The zero-order valence-electron chi connectivity index (χ0n) is 15.4. The van der Waals surface area contributed by atoms with E-state index in [4.69, 9.17) is 4.74 Å². The zero-order valence-corrected chi connectivity index (χ0v) is 15.4. The van der Waals surface area contributed by atoms with Crippen molar-refractivity contribution < 1.29 is 9.53 Å². The minimum Gasteiger partial charge on any atom is -0.497 e. The highest BCUT2D eigenvalue weighted by atomic mass is 16.5. The van der Waals surface area contributed by atoms with Crippen molar-refractivity contribution in [3.8, 4) is 17.0 Å². The van der Waals surface area contributed by atoms with Crippen LogP contribution in [-0.4, -0.2) is 41.2 Å². The highest BCUT2D eigenvalue weighted by molar-refractivity contribution is 5.94. The average molecular weight is 361 g/mol. The lowest BCUT2D eigenvalue weighted by atomic mass is 9.94. The summed E-state index contributed by atoms with van der Waals surface area (Å²) in [6.45, 7) is 1.53. The highest BCUT2D eigenvalue weighted by Crippen LogP contribution is 2.29. The van der Waals surface area contributed by atoms with Gasteiger partial charge in [0.1, 0.15) is 5.75 Å². The van der Waals surface area contributed by atoms with Crippen molar-refractivity contribution in [1.29, 1.82) is 0 Å². The van der Waals surface area contributed by atoms with Crippen LogP contribution in [0.1, 0.15) is 34.8 Å². The number of benzene rings is 2. The smallest absolute Gasteiger partial charge is 0.253 e. The minimum absolute atomic E-state index is 0.107. The fraction of sp³-hybridized carbons (Fsp3) is 0.273. The predicted molar refractivity (Wildman–Crippen MR) is 105 cm³/mol. The van der Waals surface area contributed by atoms with E-state index in [-0.39, 0.29) is 11.8 Å². The van der Waals surface area contributed by atoms with Crippen LogP contribution in [0.4, 0.5) is 0 Å². The van der Waals surface area contributed by atoms with E-state index in [1.807, 2.05) is 59.5 Å². The Labute approximate surface area is 159 Å². The number of H-pyrrole nitrogens is 1. The minimum atomic E-state index is 0.107. The molecular weight excluding hydrogens is 338 g/mol. The van der Waals surface area contributed by atoms with Gasteiger partial charge in [-0.2, -0.15) is 5.10 Å². The number of aromatic nitrogens is 2. The van der Waals surface area contributed by atoms with Gasteiger partial charge in [-0.15, -0.1) is 0 Å². The van der Waals surface area contributed by atoms with Crippen molar-refractivity contribution in [2.75, 3.05) is 20.2 Å². The number of carbonyl (C=O) groups is 1. The van der Waals surface area contributed by atoms with Gasteiger partial charge in [0, 0.05) is 35.8 Å². The second-order valence-electron chi connectivity index (χ2n) is 6.89. The van der Waals surface area contributed by atoms with Crippen molar-refractivity contribution in [2.45, 2.75) is 18.8 Å². The van der Waals surface area contributed by atoms with Crippen LogP contribution in [0.25, 0.3) is 11.3 Å². The molecule has 27 heavy (non-hydrogen) atoms. The first-order valence-electron chi connectivity index (χ1n) is 9.28. The van der Waals surface area contributed by atoms with Gasteiger partial charge in [0.15, 0.2) is 0 Å². The third-order valence-electron chi connectivity index (χ3n) is 5.15. The molecule has 0 radical (unpaired) electrons. The summed E-state index contributed by atoms with van der Waals surface area (Å²) < 4.78 is 5.21. The molecule has 1 amide bonds. The Kier molecular flexibility index (Phi) is 4.92. The van der Waals surface area contributed by atoms with E-state index in [0.717, 1.165) is 54.2 Å². The van der Waals surface area contributed by atoms with Gasteiger partial charge in [0.2, 0.25) is 0 Å². The lowest BCUT2D eigenvalue weighted by molar-refractivity contribution is 0.0706. The maximum Gasteiger partial charge on any atom is 0.253 e. The van der Waals surface area contributed by atoms with Gasteiger partial charge in [-0.1, -0.05) is 18.2 Å². The summed E-state index contributed by atoms with van der Waals surface area (Å²) in [5, 5.41) is 7.66. The molecule has 1 atom stereocenters. The molecule has 5 heteroatoms. The third kappa shape index (κ3) is 3.72. The molecule has 0 saturated carbocycles. The van der Waals surface area contributed by atoms with Crippen molar-refractivity contribution in [2.24, 2.45) is 0 Å². The van der Waals surface area contributed by atoms with Gasteiger partial charge in [-0.25, -0.2) is 0 Å². The second kappa shape index (κ2) is 7.66. The molecule has 3 aromatic rings. The van der Waals surface area contributed by atoms with Crippen LogP contribution >= 0.6 is 0 Å². The summed E-state index contributed by atoms with van der Waals surface area (Å²) >= 11 is 0. The fourth-order valence-corrected chi connectivity index (χ4v) is 3.63. The van der Waals surface area contributed by atoms with Crippen molar-refractivity contribution in [1.82, 2.24) is 15.1 Å². The Morgan fingerprint density at radius 3 is 2.67 bits per heavy atom. The molecule has 2 aromatic carbocycles. The van der Waals surface area contributed by atoms with E-state index < -0.39 is 0 Å². The highest BCUT2D eigenvalue weighted by Gasteiger charge is 2.26. The van der Waals surface area contributed by atoms with Crippen LogP contribution in [0.3, 0.4) is 0 Å². The molecule has 5 nitrogen and oxygen atoms in total. The molecule has 1 fully saturated rings. The number of rotatable bonds is 4. The lowest BCUT2D eigenvalue weighted by Gasteiger charge is -2.32.